The molecule has 0 aliphatic rings. The number of rotatable bonds is 1. The summed E-state index contributed by atoms with van der Waals surface area (Å²) in [5, 5.41) is 11.8. The average molecular weight is 187 g/mol. The molecule has 0 aromatic heterocycles. The van der Waals surface area contributed by atoms with E-state index in [0.29, 0.717) is 16.5 Å². The maximum Gasteiger partial charge on any atom is 0.277 e. The van der Waals surface area contributed by atoms with Gasteiger partial charge in [0.2, 0.25) is 0 Å². The van der Waals surface area contributed by atoms with E-state index in [9.17, 15) is 10.1 Å². The lowest BCUT2D eigenvalue weighted by Gasteiger charge is -2.00. The van der Waals surface area contributed by atoms with Crippen molar-refractivity contribution in [3.63, 3.8) is 0 Å². The molecule has 2 aromatic carbocycles. The molecule has 0 bridgehead atoms. The van der Waals surface area contributed by atoms with Gasteiger partial charge in [-0.05, 0) is 12.1 Å². The molecule has 4 nitrogen and oxygen atoms in total. The summed E-state index contributed by atoms with van der Waals surface area (Å²) in [4.78, 5) is 10.2. The first-order chi connectivity index (χ1) is 6.70. The summed E-state index contributed by atoms with van der Waals surface area (Å²) >= 11 is 0. The number of nitro groups is 1. The molecule has 14 heavy (non-hydrogen) atoms. The minimum absolute atomic E-state index is 0.0524. The summed E-state index contributed by atoms with van der Waals surface area (Å²) in [5.74, 6) is 0. The number of nitro benzene ring substituents is 1. The molecule has 1 N–H and O–H groups in total. The summed E-state index contributed by atoms with van der Waals surface area (Å²) in [6.07, 6.45) is 0. The third kappa shape index (κ3) is 1.17. The third-order valence-electron chi connectivity index (χ3n) is 2.10. The fourth-order valence-electron chi connectivity index (χ4n) is 1.45. The third-order valence-corrected chi connectivity index (χ3v) is 2.10. The van der Waals surface area contributed by atoms with Gasteiger partial charge in [-0.3, -0.25) is 10.1 Å². The standard InChI is InChI=1S/C10H7N2O2/c11-9-5-1-4-8-7(9)3-2-6-10(8)12(13)14/h1-6,11H. The predicted molar refractivity (Wildman–Crippen MR) is 53.4 cm³/mol. The summed E-state index contributed by atoms with van der Waals surface area (Å²) in [7, 11) is 0. The number of benzene rings is 2. The molecule has 2 aromatic rings. The van der Waals surface area contributed by atoms with Crippen molar-refractivity contribution in [3.05, 3.63) is 46.5 Å². The Kier molecular flexibility index (Phi) is 1.81. The van der Waals surface area contributed by atoms with E-state index in [1.807, 2.05) is 0 Å². The molecule has 0 heterocycles. The SMILES string of the molecule is [NH]c1cccc2c([N+](=O)[O-])cccc12. The molecule has 0 saturated carbocycles. The summed E-state index contributed by atoms with van der Waals surface area (Å²) in [6.45, 7) is 0. The van der Waals surface area contributed by atoms with Gasteiger partial charge >= 0.3 is 0 Å². The van der Waals surface area contributed by atoms with Crippen molar-refractivity contribution in [2.45, 2.75) is 0 Å². The van der Waals surface area contributed by atoms with Crippen LogP contribution in [0.15, 0.2) is 36.4 Å². The van der Waals surface area contributed by atoms with Crippen molar-refractivity contribution in [3.8, 4) is 0 Å². The van der Waals surface area contributed by atoms with E-state index in [2.05, 4.69) is 0 Å². The van der Waals surface area contributed by atoms with Crippen LogP contribution in [0.5, 0.6) is 0 Å². The van der Waals surface area contributed by atoms with Gasteiger partial charge in [-0.1, -0.05) is 18.2 Å². The second-order valence-corrected chi connectivity index (χ2v) is 2.93. The van der Waals surface area contributed by atoms with Crippen molar-refractivity contribution in [1.29, 1.82) is 0 Å². The maximum atomic E-state index is 10.7. The largest absolute Gasteiger partial charge is 0.300 e. The number of hydrogen-bond donors (Lipinski definition) is 0. The highest BCUT2D eigenvalue weighted by atomic mass is 16.6. The Morgan fingerprint density at radius 2 is 1.71 bits per heavy atom. The molecule has 4 heteroatoms. The Morgan fingerprint density at radius 3 is 2.43 bits per heavy atom. The van der Waals surface area contributed by atoms with Crippen LogP contribution in [0.2, 0.25) is 0 Å². The van der Waals surface area contributed by atoms with E-state index in [0.717, 1.165) is 0 Å². The fraction of sp³-hybridized carbons (Fsp3) is 0. The van der Waals surface area contributed by atoms with Crippen molar-refractivity contribution in [2.24, 2.45) is 0 Å². The average Bonchev–Trinajstić information content (AvgIpc) is 2.17. The highest BCUT2D eigenvalue weighted by molar-refractivity contribution is 5.97. The molecule has 0 fully saturated rings. The second kappa shape index (κ2) is 2.99. The summed E-state index contributed by atoms with van der Waals surface area (Å²) in [6, 6.07) is 9.68. The Labute approximate surface area is 80.1 Å². The monoisotopic (exact) mass is 187 g/mol. The predicted octanol–water partition coefficient (Wildman–Crippen LogP) is 2.66. The number of non-ortho nitro benzene ring substituents is 1. The highest BCUT2D eigenvalue weighted by Gasteiger charge is 2.11. The van der Waals surface area contributed by atoms with Gasteiger partial charge in [-0.2, -0.15) is 0 Å². The van der Waals surface area contributed by atoms with Crippen molar-refractivity contribution in [2.75, 3.05) is 0 Å². The zero-order chi connectivity index (χ0) is 10.1. The molecule has 0 saturated heterocycles. The molecule has 0 spiro atoms. The highest BCUT2D eigenvalue weighted by Crippen LogP contribution is 2.29. The Morgan fingerprint density at radius 1 is 1.07 bits per heavy atom. The van der Waals surface area contributed by atoms with Gasteiger partial charge in [0.25, 0.3) is 5.69 Å². The van der Waals surface area contributed by atoms with Gasteiger partial charge in [0.05, 0.1) is 16.0 Å². The van der Waals surface area contributed by atoms with Gasteiger partial charge in [-0.25, -0.2) is 0 Å². The van der Waals surface area contributed by atoms with E-state index in [4.69, 9.17) is 5.73 Å². The van der Waals surface area contributed by atoms with Gasteiger partial charge in [0.1, 0.15) is 0 Å². The van der Waals surface area contributed by atoms with Crippen LogP contribution in [0.4, 0.5) is 11.4 Å². The minimum atomic E-state index is -0.429. The van der Waals surface area contributed by atoms with Crippen LogP contribution < -0.4 is 5.73 Å². The Bertz CT molecular complexity index is 508. The number of nitrogens with zero attached hydrogens (tertiary/aromatic N) is 1. The van der Waals surface area contributed by atoms with Crippen LogP contribution in [0.1, 0.15) is 0 Å². The van der Waals surface area contributed by atoms with Gasteiger partial charge in [-0.15, -0.1) is 0 Å². The lowest BCUT2D eigenvalue weighted by atomic mass is 10.1. The molecule has 0 unspecified atom stereocenters. The molecule has 0 aliphatic carbocycles. The zero-order valence-electron chi connectivity index (χ0n) is 7.23. The van der Waals surface area contributed by atoms with Crippen molar-refractivity contribution >= 4 is 22.1 Å². The van der Waals surface area contributed by atoms with Crippen LogP contribution in [0.3, 0.4) is 0 Å². The smallest absolute Gasteiger partial charge is 0.277 e. The molecule has 0 aliphatic heterocycles. The Hall–Kier alpha value is -2.10. The number of hydrogen-bond acceptors (Lipinski definition) is 2. The topological polar surface area (TPSA) is 66.9 Å². The quantitative estimate of drug-likeness (QED) is 0.508. The molecule has 0 amide bonds. The summed E-state index contributed by atoms with van der Waals surface area (Å²) < 4.78 is 0. The van der Waals surface area contributed by atoms with Crippen molar-refractivity contribution in [1.82, 2.24) is 5.73 Å². The van der Waals surface area contributed by atoms with Crippen LogP contribution >= 0.6 is 0 Å². The number of nitrogens with one attached hydrogen (secondary N) is 1. The zero-order valence-corrected chi connectivity index (χ0v) is 7.23. The van der Waals surface area contributed by atoms with E-state index in [1.165, 1.54) is 6.07 Å². The molecule has 69 valence electrons. The fourth-order valence-corrected chi connectivity index (χ4v) is 1.45. The molecule has 1 radical (unpaired) electrons. The Balaban J connectivity index is 2.88. The minimum Gasteiger partial charge on any atom is -0.300 e. The molecular formula is C10H7N2O2. The first-order valence-electron chi connectivity index (χ1n) is 4.08. The van der Waals surface area contributed by atoms with Gasteiger partial charge in [0, 0.05) is 11.5 Å². The molecule has 2 rings (SSSR count). The van der Waals surface area contributed by atoms with E-state index in [1.54, 1.807) is 30.3 Å². The van der Waals surface area contributed by atoms with Crippen LogP contribution in [0.25, 0.3) is 10.8 Å². The molecular weight excluding hydrogens is 180 g/mol. The molecule has 0 atom stereocenters. The van der Waals surface area contributed by atoms with E-state index < -0.39 is 4.92 Å². The normalized spacial score (nSPS) is 10.3. The van der Waals surface area contributed by atoms with Crippen molar-refractivity contribution < 1.29 is 4.92 Å². The van der Waals surface area contributed by atoms with Gasteiger partial charge < -0.3 is 5.73 Å². The second-order valence-electron chi connectivity index (χ2n) is 2.93. The van der Waals surface area contributed by atoms with Crippen LogP contribution in [-0.2, 0) is 0 Å². The maximum absolute atomic E-state index is 10.7. The lowest BCUT2D eigenvalue weighted by Crippen LogP contribution is -1.89. The number of fused-ring (bicyclic) bond motifs is 1. The van der Waals surface area contributed by atoms with E-state index in [-0.39, 0.29) is 5.69 Å². The van der Waals surface area contributed by atoms with Crippen LogP contribution in [-0.4, -0.2) is 4.92 Å². The first kappa shape index (κ1) is 8.50. The lowest BCUT2D eigenvalue weighted by molar-refractivity contribution is -0.383. The van der Waals surface area contributed by atoms with Crippen LogP contribution in [0, 0.1) is 10.1 Å². The van der Waals surface area contributed by atoms with E-state index >= 15 is 0 Å². The summed E-state index contributed by atoms with van der Waals surface area (Å²) in [5.41, 5.74) is 7.94. The van der Waals surface area contributed by atoms with Gasteiger partial charge in [0.15, 0.2) is 0 Å². The first-order valence-corrected chi connectivity index (χ1v) is 4.08.